The molecule has 0 aliphatic heterocycles. The average molecular weight is 476 g/mol. The molecule has 5 heteroatoms. The van der Waals surface area contributed by atoms with E-state index in [1.165, 1.54) is 0 Å². The molecule has 164 valence electrons. The van der Waals surface area contributed by atoms with E-state index in [4.69, 9.17) is 10.5 Å². The molecule has 2 rings (SSSR count). The molecule has 0 saturated heterocycles. The summed E-state index contributed by atoms with van der Waals surface area (Å²) in [6.07, 6.45) is 0. The first kappa shape index (κ1) is 24.4. The second-order valence-corrected chi connectivity index (χ2v) is 10.7. The third-order valence-corrected chi connectivity index (χ3v) is 5.78. The van der Waals surface area contributed by atoms with Crippen LogP contribution in [0.1, 0.15) is 76.6 Å². The van der Waals surface area contributed by atoms with Crippen LogP contribution in [0.4, 0.5) is 0 Å². The van der Waals surface area contributed by atoms with Crippen LogP contribution in [0.2, 0.25) is 0 Å². The van der Waals surface area contributed by atoms with Crippen molar-refractivity contribution in [2.24, 2.45) is 5.73 Å². The normalized spacial score (nSPS) is 14.3. The van der Waals surface area contributed by atoms with Gasteiger partial charge in [-0.2, -0.15) is 0 Å². The first-order valence-electron chi connectivity index (χ1n) is 10.3. The van der Waals surface area contributed by atoms with Crippen LogP contribution in [0, 0.1) is 0 Å². The molecule has 0 aliphatic carbocycles. The lowest BCUT2D eigenvalue weighted by atomic mass is 9.75. The molecular weight excluding hydrogens is 442 g/mol. The summed E-state index contributed by atoms with van der Waals surface area (Å²) in [5.41, 5.74) is 9.39. The van der Waals surface area contributed by atoms with E-state index in [9.17, 15) is 9.90 Å². The number of carbonyl (C=O) groups is 1. The molecule has 2 aromatic rings. The molecule has 0 aromatic heterocycles. The standard InChI is InChI=1S/C25H34BrNO3/c1-8-30-23(29)21(27)20(15-9-11-17(26)12-10-15)16-13-18(24(2,3)4)22(28)19(14-16)25(5,6)7/h9-14,20-21,28H,8,27H2,1-7H3/t20-,21-/m0/s1. The summed E-state index contributed by atoms with van der Waals surface area (Å²) in [5.74, 6) is -0.536. The van der Waals surface area contributed by atoms with Crippen molar-refractivity contribution < 1.29 is 14.6 Å². The third kappa shape index (κ3) is 5.44. The van der Waals surface area contributed by atoms with Crippen molar-refractivity contribution in [3.8, 4) is 5.75 Å². The van der Waals surface area contributed by atoms with E-state index >= 15 is 0 Å². The van der Waals surface area contributed by atoms with Gasteiger partial charge in [-0.1, -0.05) is 81.7 Å². The number of aromatic hydroxyl groups is 1. The molecule has 0 heterocycles. The average Bonchev–Trinajstić information content (AvgIpc) is 2.62. The second kappa shape index (κ2) is 9.11. The van der Waals surface area contributed by atoms with Gasteiger partial charge in [0, 0.05) is 10.4 Å². The van der Waals surface area contributed by atoms with Crippen LogP contribution in [-0.4, -0.2) is 23.7 Å². The molecular formula is C25H34BrNO3. The molecule has 2 aromatic carbocycles. The Morgan fingerprint density at radius 3 is 1.87 bits per heavy atom. The molecule has 0 spiro atoms. The number of halogens is 1. The second-order valence-electron chi connectivity index (χ2n) is 9.77. The zero-order valence-electron chi connectivity index (χ0n) is 19.0. The monoisotopic (exact) mass is 475 g/mol. The van der Waals surface area contributed by atoms with Gasteiger partial charge in [-0.15, -0.1) is 0 Å². The van der Waals surface area contributed by atoms with Crippen molar-refractivity contribution in [1.29, 1.82) is 0 Å². The molecule has 0 saturated carbocycles. The van der Waals surface area contributed by atoms with Crippen molar-refractivity contribution in [3.63, 3.8) is 0 Å². The number of esters is 1. The SMILES string of the molecule is CCOC(=O)[C@@H](N)[C@@H](c1ccc(Br)cc1)c1cc(C(C)(C)C)c(O)c(C(C)(C)C)c1. The van der Waals surface area contributed by atoms with Gasteiger partial charge in [0.15, 0.2) is 0 Å². The number of ether oxygens (including phenoxy) is 1. The maximum absolute atomic E-state index is 12.6. The number of benzene rings is 2. The van der Waals surface area contributed by atoms with E-state index < -0.39 is 17.9 Å². The maximum atomic E-state index is 12.6. The number of rotatable bonds is 5. The summed E-state index contributed by atoms with van der Waals surface area (Å²) >= 11 is 3.47. The highest BCUT2D eigenvalue weighted by atomic mass is 79.9. The molecule has 0 aliphatic rings. The number of phenols is 1. The van der Waals surface area contributed by atoms with Gasteiger partial charge in [0.1, 0.15) is 11.8 Å². The van der Waals surface area contributed by atoms with Crippen molar-refractivity contribution in [2.75, 3.05) is 6.61 Å². The largest absolute Gasteiger partial charge is 0.507 e. The lowest BCUT2D eigenvalue weighted by molar-refractivity contribution is -0.145. The number of hydrogen-bond donors (Lipinski definition) is 2. The quantitative estimate of drug-likeness (QED) is 0.538. The topological polar surface area (TPSA) is 72.5 Å². The van der Waals surface area contributed by atoms with Crippen LogP contribution < -0.4 is 5.73 Å². The zero-order chi connectivity index (χ0) is 22.9. The van der Waals surface area contributed by atoms with Gasteiger partial charge in [-0.25, -0.2) is 0 Å². The van der Waals surface area contributed by atoms with E-state index in [0.29, 0.717) is 5.75 Å². The van der Waals surface area contributed by atoms with Crippen LogP contribution in [-0.2, 0) is 20.4 Å². The summed E-state index contributed by atoms with van der Waals surface area (Å²) < 4.78 is 6.20. The van der Waals surface area contributed by atoms with E-state index in [0.717, 1.165) is 26.7 Å². The van der Waals surface area contributed by atoms with Gasteiger partial charge >= 0.3 is 5.97 Å². The Balaban J connectivity index is 2.79. The van der Waals surface area contributed by atoms with Gasteiger partial charge in [-0.05, 0) is 52.1 Å². The van der Waals surface area contributed by atoms with Crippen molar-refractivity contribution in [3.05, 3.63) is 63.1 Å². The van der Waals surface area contributed by atoms with Crippen molar-refractivity contribution in [2.45, 2.75) is 71.3 Å². The van der Waals surface area contributed by atoms with Gasteiger partial charge in [-0.3, -0.25) is 4.79 Å². The highest BCUT2D eigenvalue weighted by Crippen LogP contribution is 2.42. The minimum absolute atomic E-state index is 0.273. The molecule has 0 bridgehead atoms. The zero-order valence-corrected chi connectivity index (χ0v) is 20.6. The smallest absolute Gasteiger partial charge is 0.323 e. The van der Waals surface area contributed by atoms with Crippen LogP contribution in [0.3, 0.4) is 0 Å². The Morgan fingerprint density at radius 1 is 1.00 bits per heavy atom. The lowest BCUT2D eigenvalue weighted by Gasteiger charge is -2.31. The van der Waals surface area contributed by atoms with Crippen LogP contribution in [0.5, 0.6) is 5.75 Å². The van der Waals surface area contributed by atoms with E-state index in [1.807, 2.05) is 36.4 Å². The summed E-state index contributed by atoms with van der Waals surface area (Å²) in [5, 5.41) is 11.1. The molecule has 30 heavy (non-hydrogen) atoms. The Hall–Kier alpha value is -1.85. The lowest BCUT2D eigenvalue weighted by Crippen LogP contribution is -2.39. The molecule has 3 N–H and O–H groups in total. The van der Waals surface area contributed by atoms with Gasteiger partial charge in [0.05, 0.1) is 6.61 Å². The van der Waals surface area contributed by atoms with E-state index in [2.05, 4.69) is 57.5 Å². The fourth-order valence-corrected chi connectivity index (χ4v) is 3.90. The predicted molar refractivity (Wildman–Crippen MR) is 126 cm³/mol. The number of nitrogens with two attached hydrogens (primary N) is 1. The van der Waals surface area contributed by atoms with Crippen LogP contribution in [0.25, 0.3) is 0 Å². The Bertz CT molecular complexity index is 857. The molecule has 0 radical (unpaired) electrons. The highest BCUT2D eigenvalue weighted by molar-refractivity contribution is 9.10. The van der Waals surface area contributed by atoms with Gasteiger partial charge < -0.3 is 15.6 Å². The minimum Gasteiger partial charge on any atom is -0.507 e. The first-order chi connectivity index (χ1) is 13.8. The predicted octanol–water partition coefficient (Wildman–Crippen LogP) is 5.77. The number of hydrogen-bond acceptors (Lipinski definition) is 4. The summed E-state index contributed by atoms with van der Waals surface area (Å²) in [7, 11) is 0. The van der Waals surface area contributed by atoms with Crippen molar-refractivity contribution in [1.82, 2.24) is 0 Å². The van der Waals surface area contributed by atoms with Gasteiger partial charge in [0.25, 0.3) is 0 Å². The molecule has 2 atom stereocenters. The Labute approximate surface area is 189 Å². The summed E-state index contributed by atoms with van der Waals surface area (Å²) in [4.78, 5) is 12.6. The minimum atomic E-state index is -0.865. The molecule has 0 unspecified atom stereocenters. The fourth-order valence-electron chi connectivity index (χ4n) is 3.63. The van der Waals surface area contributed by atoms with E-state index in [-0.39, 0.29) is 17.4 Å². The first-order valence-corrected chi connectivity index (χ1v) is 11.1. The summed E-state index contributed by atoms with van der Waals surface area (Å²) in [6, 6.07) is 10.9. The van der Waals surface area contributed by atoms with Crippen LogP contribution >= 0.6 is 15.9 Å². The number of phenolic OH excluding ortho intramolecular Hbond substituents is 1. The molecule has 0 fully saturated rings. The Kier molecular flexibility index (Phi) is 7.41. The third-order valence-electron chi connectivity index (χ3n) is 5.25. The van der Waals surface area contributed by atoms with Crippen LogP contribution in [0.15, 0.2) is 40.9 Å². The molecule has 4 nitrogen and oxygen atoms in total. The fraction of sp³-hybridized carbons (Fsp3) is 0.480. The van der Waals surface area contributed by atoms with E-state index in [1.54, 1.807) is 6.92 Å². The van der Waals surface area contributed by atoms with Gasteiger partial charge in [0.2, 0.25) is 0 Å². The highest BCUT2D eigenvalue weighted by Gasteiger charge is 2.33. The maximum Gasteiger partial charge on any atom is 0.323 e. The number of carbonyl (C=O) groups excluding carboxylic acids is 1. The Morgan fingerprint density at radius 2 is 1.47 bits per heavy atom. The molecule has 0 amide bonds. The van der Waals surface area contributed by atoms with Crippen molar-refractivity contribution >= 4 is 21.9 Å². The summed E-state index contributed by atoms with van der Waals surface area (Å²) in [6.45, 7) is 14.5.